The van der Waals surface area contributed by atoms with E-state index in [0.717, 1.165) is 11.3 Å². The van der Waals surface area contributed by atoms with Gasteiger partial charge in [0.15, 0.2) is 11.8 Å². The first-order valence-corrected chi connectivity index (χ1v) is 10.4. The Morgan fingerprint density at radius 3 is 2.65 bits per heavy atom. The average Bonchev–Trinajstić information content (AvgIpc) is 3.55. The maximum Gasteiger partial charge on any atom is 0.296 e. The van der Waals surface area contributed by atoms with E-state index in [9.17, 15) is 5.11 Å². The van der Waals surface area contributed by atoms with E-state index >= 15 is 0 Å². The molecule has 3 aromatic heterocycles. The molecule has 2 aliphatic heterocycles. The number of pyridine rings is 1. The zero-order valence-electron chi connectivity index (χ0n) is 16.3. The molecule has 0 spiro atoms. The van der Waals surface area contributed by atoms with Gasteiger partial charge in [0, 0.05) is 23.6 Å². The maximum absolute atomic E-state index is 9.88. The number of ether oxygens (including phenoxy) is 3. The van der Waals surface area contributed by atoms with Crippen LogP contribution in [0.3, 0.4) is 0 Å². The third-order valence-electron chi connectivity index (χ3n) is 5.69. The fourth-order valence-corrected chi connectivity index (χ4v) is 4.40. The molecule has 2 fully saturated rings. The van der Waals surface area contributed by atoms with Gasteiger partial charge in [-0.3, -0.25) is 0 Å². The zero-order valence-corrected chi connectivity index (χ0v) is 17.1. The van der Waals surface area contributed by atoms with E-state index in [2.05, 4.69) is 15.0 Å². The lowest BCUT2D eigenvalue weighted by atomic mass is 10.1. The van der Waals surface area contributed by atoms with Gasteiger partial charge in [0.1, 0.15) is 18.3 Å². The van der Waals surface area contributed by atoms with Crippen LogP contribution in [0.1, 0.15) is 0 Å². The van der Waals surface area contributed by atoms with Crippen molar-refractivity contribution in [2.24, 2.45) is 0 Å². The number of hydrogen-bond acceptors (Lipinski definition) is 6. The highest BCUT2D eigenvalue weighted by atomic mass is 35.5. The predicted octanol–water partition coefficient (Wildman–Crippen LogP) is 2.97. The van der Waals surface area contributed by atoms with Crippen LogP contribution in [0.4, 0.5) is 0 Å². The van der Waals surface area contributed by atoms with Crippen molar-refractivity contribution >= 4 is 22.8 Å². The monoisotopic (exact) mass is 438 g/mol. The quantitative estimate of drug-likeness (QED) is 0.508. The lowest BCUT2D eigenvalue weighted by Gasteiger charge is -2.15. The molecule has 158 valence electrons. The van der Waals surface area contributed by atoms with Crippen molar-refractivity contribution in [1.29, 1.82) is 0 Å². The van der Waals surface area contributed by atoms with Crippen molar-refractivity contribution in [2.45, 2.75) is 24.4 Å². The summed E-state index contributed by atoms with van der Waals surface area (Å²) in [5, 5.41) is 10.4. The molecule has 4 unspecified atom stereocenters. The van der Waals surface area contributed by atoms with E-state index in [1.165, 1.54) is 0 Å². The molecule has 0 saturated carbocycles. The van der Waals surface area contributed by atoms with Crippen molar-refractivity contribution in [2.75, 3.05) is 13.2 Å². The molecule has 2 saturated heterocycles. The number of fused-ring (bicyclic) bond motifs is 2. The number of aliphatic hydroxyl groups is 1. The first kappa shape index (κ1) is 18.8. The van der Waals surface area contributed by atoms with Gasteiger partial charge in [-0.25, -0.2) is 4.98 Å². The van der Waals surface area contributed by atoms with Gasteiger partial charge in [-0.2, -0.15) is 4.98 Å². The highest BCUT2D eigenvalue weighted by Gasteiger charge is 2.48. The molecule has 4 atom stereocenters. The molecule has 2 aliphatic rings. The molecule has 31 heavy (non-hydrogen) atoms. The Balaban J connectivity index is 1.27. The van der Waals surface area contributed by atoms with Gasteiger partial charge < -0.3 is 28.9 Å². The lowest BCUT2D eigenvalue weighted by Crippen LogP contribution is -2.34. The molecule has 0 bridgehead atoms. The van der Waals surface area contributed by atoms with Gasteiger partial charge in [0.25, 0.3) is 6.01 Å². The number of hydrogen-bond donors (Lipinski definition) is 2. The number of benzene rings is 1. The van der Waals surface area contributed by atoms with Gasteiger partial charge in [-0.15, -0.1) is 0 Å². The Labute approximate surface area is 182 Å². The average molecular weight is 439 g/mol. The summed E-state index contributed by atoms with van der Waals surface area (Å²) < 4.78 is 19.2. The van der Waals surface area contributed by atoms with Crippen molar-refractivity contribution in [3.63, 3.8) is 0 Å². The van der Waals surface area contributed by atoms with Crippen molar-refractivity contribution in [3.05, 3.63) is 59.9 Å². The summed E-state index contributed by atoms with van der Waals surface area (Å²) in [7, 11) is 0. The van der Waals surface area contributed by atoms with Crippen LogP contribution in [0.2, 0.25) is 5.02 Å². The number of H-pyrrole nitrogens is 1. The predicted molar refractivity (Wildman–Crippen MR) is 114 cm³/mol. The summed E-state index contributed by atoms with van der Waals surface area (Å²) >= 11 is 6.52. The molecule has 0 aliphatic carbocycles. The van der Waals surface area contributed by atoms with Gasteiger partial charge >= 0.3 is 0 Å². The molecule has 4 aromatic rings. The number of halogens is 1. The summed E-state index contributed by atoms with van der Waals surface area (Å²) in [5.74, 6) is 0. The highest BCUT2D eigenvalue weighted by molar-refractivity contribution is 6.33. The Morgan fingerprint density at radius 1 is 1.06 bits per heavy atom. The summed E-state index contributed by atoms with van der Waals surface area (Å²) in [4.78, 5) is 12.2. The molecule has 0 amide bonds. The lowest BCUT2D eigenvalue weighted by molar-refractivity contribution is 0.00706. The molecule has 5 heterocycles. The van der Waals surface area contributed by atoms with E-state index in [4.69, 9.17) is 25.8 Å². The SMILES string of the molecule is OC1COC2C(Oc3nc4nc(-c5ccc(-n6cccc6)cc5)c(Cl)cc4[nH]3)COC12. The molecule has 0 radical (unpaired) electrons. The molecule has 8 nitrogen and oxygen atoms in total. The van der Waals surface area contributed by atoms with Gasteiger partial charge in [0.05, 0.1) is 29.4 Å². The Bertz CT molecular complexity index is 1220. The van der Waals surface area contributed by atoms with E-state index in [-0.39, 0.29) is 24.9 Å². The molecule has 2 N–H and O–H groups in total. The van der Waals surface area contributed by atoms with Crippen LogP contribution < -0.4 is 4.74 Å². The Hall–Kier alpha value is -2.91. The minimum atomic E-state index is -0.624. The van der Waals surface area contributed by atoms with E-state index < -0.39 is 6.10 Å². The third-order valence-corrected chi connectivity index (χ3v) is 5.98. The zero-order chi connectivity index (χ0) is 20.9. The second-order valence-electron chi connectivity index (χ2n) is 7.69. The van der Waals surface area contributed by atoms with Gasteiger partial charge in [0.2, 0.25) is 0 Å². The molecular formula is C22H19ClN4O4. The normalized spacial score (nSPS) is 25.2. The number of rotatable bonds is 4. The second-order valence-corrected chi connectivity index (χ2v) is 8.10. The number of nitrogens with zero attached hydrogens (tertiary/aromatic N) is 3. The van der Waals surface area contributed by atoms with Crippen LogP contribution in [0, 0.1) is 0 Å². The van der Waals surface area contributed by atoms with E-state index in [1.54, 1.807) is 6.07 Å². The Morgan fingerprint density at radius 2 is 1.84 bits per heavy atom. The minimum Gasteiger partial charge on any atom is -0.456 e. The number of aromatic amines is 1. The standard InChI is InChI=1S/C22H19ClN4O4/c23-14-9-15-21(25-18(14)12-3-5-13(6-4-12)27-7-1-2-8-27)26-22(24-15)31-17-11-30-19-16(28)10-29-20(17)19/h1-9,16-17,19-20,28H,10-11H2,(H,24,25,26). The fourth-order valence-electron chi connectivity index (χ4n) is 4.14. The topological polar surface area (TPSA) is 94.4 Å². The van der Waals surface area contributed by atoms with Gasteiger partial charge in [-0.05, 0) is 30.3 Å². The van der Waals surface area contributed by atoms with Crippen molar-refractivity contribution in [1.82, 2.24) is 19.5 Å². The van der Waals surface area contributed by atoms with E-state index in [1.807, 2.05) is 53.4 Å². The van der Waals surface area contributed by atoms with Crippen molar-refractivity contribution in [3.8, 4) is 23.0 Å². The number of nitrogens with one attached hydrogen (secondary N) is 1. The fraction of sp³-hybridized carbons (Fsp3) is 0.273. The summed E-state index contributed by atoms with van der Waals surface area (Å²) in [6, 6.07) is 14.1. The number of aliphatic hydroxyl groups excluding tert-OH is 1. The van der Waals surface area contributed by atoms with Crippen LogP contribution in [-0.4, -0.2) is 62.3 Å². The van der Waals surface area contributed by atoms with Gasteiger partial charge in [-0.1, -0.05) is 23.7 Å². The molecule has 9 heteroatoms. The minimum absolute atomic E-state index is 0.249. The first-order chi connectivity index (χ1) is 15.2. The van der Waals surface area contributed by atoms with Crippen LogP contribution in [0.15, 0.2) is 54.9 Å². The van der Waals surface area contributed by atoms with E-state index in [0.29, 0.717) is 34.5 Å². The summed E-state index contributed by atoms with van der Waals surface area (Å²) in [6.45, 7) is 0.579. The van der Waals surface area contributed by atoms with Crippen LogP contribution in [-0.2, 0) is 9.47 Å². The smallest absolute Gasteiger partial charge is 0.296 e. The van der Waals surface area contributed by atoms with Crippen LogP contribution in [0.25, 0.3) is 28.1 Å². The second kappa shape index (κ2) is 7.35. The maximum atomic E-state index is 9.88. The number of aromatic nitrogens is 4. The largest absolute Gasteiger partial charge is 0.456 e. The Kier molecular flexibility index (Phi) is 4.46. The number of imidazole rings is 1. The third kappa shape index (κ3) is 3.28. The highest BCUT2D eigenvalue weighted by Crippen LogP contribution is 2.32. The van der Waals surface area contributed by atoms with Crippen LogP contribution >= 0.6 is 11.6 Å². The summed E-state index contributed by atoms with van der Waals surface area (Å²) in [5.41, 5.74) is 3.78. The summed E-state index contributed by atoms with van der Waals surface area (Å²) in [6.07, 6.45) is 2.34. The molecule has 1 aromatic carbocycles. The van der Waals surface area contributed by atoms with Crippen LogP contribution in [0.5, 0.6) is 6.01 Å². The molecule has 6 rings (SSSR count). The molecular weight excluding hydrogens is 420 g/mol. The van der Waals surface area contributed by atoms with Crippen molar-refractivity contribution < 1.29 is 19.3 Å². The first-order valence-electron chi connectivity index (χ1n) is 10.0.